The molecule has 11 heteroatoms. The Kier molecular flexibility index (Phi) is 6.36. The molecule has 0 radical (unpaired) electrons. The highest BCUT2D eigenvalue weighted by atomic mass is 19.4. The molecule has 5 atom stereocenters. The second kappa shape index (κ2) is 9.04. The van der Waals surface area contributed by atoms with Crippen LogP contribution in [0.3, 0.4) is 0 Å². The molecule has 8 nitrogen and oxygen atoms in total. The van der Waals surface area contributed by atoms with E-state index >= 15 is 0 Å². The number of hydrogen-bond acceptors (Lipinski definition) is 8. The second-order valence-electron chi connectivity index (χ2n) is 8.62. The fourth-order valence-electron chi connectivity index (χ4n) is 5.24. The molecular weight excluding hydrogens is 479 g/mol. The van der Waals surface area contributed by atoms with Crippen LogP contribution in [0.4, 0.5) is 13.2 Å². The van der Waals surface area contributed by atoms with Crippen molar-refractivity contribution in [2.75, 3.05) is 6.61 Å². The Morgan fingerprint density at radius 3 is 2.44 bits per heavy atom. The first-order chi connectivity index (χ1) is 17.0. The van der Waals surface area contributed by atoms with Gasteiger partial charge in [-0.05, 0) is 37.1 Å². The van der Waals surface area contributed by atoms with E-state index in [1.54, 1.807) is 6.07 Å². The smallest absolute Gasteiger partial charge is 0.431 e. The topological polar surface area (TPSA) is 121 Å². The Morgan fingerprint density at radius 2 is 1.89 bits per heavy atom. The summed E-state index contributed by atoms with van der Waals surface area (Å²) >= 11 is 0. The third-order valence-electron chi connectivity index (χ3n) is 6.78. The van der Waals surface area contributed by atoms with Gasteiger partial charge < -0.3 is 14.7 Å². The number of benzene rings is 2. The lowest BCUT2D eigenvalue weighted by molar-refractivity contribution is -0.311. The maximum Gasteiger partial charge on any atom is 0.431 e. The van der Waals surface area contributed by atoms with Crippen molar-refractivity contribution in [3.63, 3.8) is 0 Å². The molecule has 188 valence electrons. The number of nitrogens with zero attached hydrogens (tertiary/aromatic N) is 2. The summed E-state index contributed by atoms with van der Waals surface area (Å²) in [6.07, 6.45) is -5.38. The van der Waals surface area contributed by atoms with Crippen LogP contribution >= 0.6 is 0 Å². The SMILES string of the molecule is CCOC(=O)[C@H]1[C@H](c2ccccc2)[C@]2(C(=O)ON=C2C)[C@H](c2cccc(C#N)c2)N[C@]1(O)C(F)(F)F. The van der Waals surface area contributed by atoms with Gasteiger partial charge in [0.1, 0.15) is 11.3 Å². The zero-order valence-corrected chi connectivity index (χ0v) is 19.2. The van der Waals surface area contributed by atoms with E-state index in [4.69, 9.17) is 9.57 Å². The summed E-state index contributed by atoms with van der Waals surface area (Å²) in [5.74, 6) is -6.28. The minimum absolute atomic E-state index is 0.000244. The molecule has 2 heterocycles. The lowest BCUT2D eigenvalue weighted by atomic mass is 9.54. The van der Waals surface area contributed by atoms with Crippen molar-refractivity contribution >= 4 is 17.7 Å². The molecule has 2 aliphatic rings. The molecule has 0 amide bonds. The highest BCUT2D eigenvalue weighted by Crippen LogP contribution is 2.61. The number of halogens is 3. The minimum Gasteiger partial charge on any atom is -0.466 e. The van der Waals surface area contributed by atoms with Crippen LogP contribution in [0.25, 0.3) is 0 Å². The van der Waals surface area contributed by atoms with Gasteiger partial charge in [0.2, 0.25) is 5.72 Å². The van der Waals surface area contributed by atoms with E-state index in [1.165, 1.54) is 62.4 Å². The number of esters is 1. The molecule has 1 spiro atoms. The van der Waals surface area contributed by atoms with Crippen molar-refractivity contribution in [2.24, 2.45) is 16.5 Å². The zero-order valence-electron chi connectivity index (χ0n) is 19.2. The molecular formula is C25H22F3N3O5. The molecule has 0 bridgehead atoms. The number of piperidine rings is 1. The number of hydrogen-bond donors (Lipinski definition) is 2. The van der Waals surface area contributed by atoms with Crippen LogP contribution < -0.4 is 5.32 Å². The summed E-state index contributed by atoms with van der Waals surface area (Å²) < 4.78 is 49.0. The number of rotatable bonds is 4. The van der Waals surface area contributed by atoms with Crippen molar-refractivity contribution in [3.05, 3.63) is 71.3 Å². The van der Waals surface area contributed by atoms with E-state index in [9.17, 15) is 33.1 Å². The number of carbonyl (C=O) groups excluding carboxylic acids is 2. The zero-order chi connectivity index (χ0) is 26.3. The van der Waals surface area contributed by atoms with Gasteiger partial charge >= 0.3 is 18.1 Å². The summed E-state index contributed by atoms with van der Waals surface area (Å²) in [6.45, 7) is 2.56. The molecule has 1 fully saturated rings. The number of oxime groups is 1. The van der Waals surface area contributed by atoms with Crippen molar-refractivity contribution in [1.82, 2.24) is 5.32 Å². The van der Waals surface area contributed by atoms with Gasteiger partial charge in [0.05, 0.1) is 30.0 Å². The summed E-state index contributed by atoms with van der Waals surface area (Å²) in [5, 5.41) is 26.6. The standard InChI is InChI=1S/C25H22F3N3O5/c1-3-35-21(32)19-18(16-9-5-4-6-10-16)23(14(2)31-36-22(23)33)20(30-24(19,34)25(26,27)28)17-11-7-8-15(12-17)13-29/h4-12,18-20,30,34H,3H2,1-2H3/t18-,19+,20-,23-,24+/m0/s1. The lowest BCUT2D eigenvalue weighted by Crippen LogP contribution is -2.74. The van der Waals surface area contributed by atoms with Crippen LogP contribution in [-0.2, 0) is 19.2 Å². The maximum atomic E-state index is 14.7. The number of aliphatic hydroxyl groups is 1. The fraction of sp³-hybridized carbons (Fsp3) is 0.360. The lowest BCUT2D eigenvalue weighted by Gasteiger charge is -2.55. The van der Waals surface area contributed by atoms with Gasteiger partial charge in [0.15, 0.2) is 0 Å². The van der Waals surface area contributed by atoms with E-state index < -0.39 is 47.1 Å². The van der Waals surface area contributed by atoms with Gasteiger partial charge in [-0.15, -0.1) is 0 Å². The molecule has 1 saturated heterocycles. The van der Waals surface area contributed by atoms with Crippen molar-refractivity contribution in [2.45, 2.75) is 37.7 Å². The summed E-state index contributed by atoms with van der Waals surface area (Å²) in [4.78, 5) is 31.7. The molecule has 0 aromatic heterocycles. The third kappa shape index (κ3) is 3.65. The van der Waals surface area contributed by atoms with Gasteiger partial charge in [0.25, 0.3) is 0 Å². The molecule has 0 unspecified atom stereocenters. The van der Waals surface area contributed by atoms with Gasteiger partial charge in [0, 0.05) is 5.92 Å². The maximum absolute atomic E-state index is 14.7. The molecule has 4 rings (SSSR count). The number of nitriles is 1. The normalized spacial score (nSPS) is 29.9. The summed E-state index contributed by atoms with van der Waals surface area (Å²) in [7, 11) is 0. The van der Waals surface area contributed by atoms with Gasteiger partial charge in [-0.2, -0.15) is 18.4 Å². The van der Waals surface area contributed by atoms with Gasteiger partial charge in [-0.1, -0.05) is 47.6 Å². The first-order valence-corrected chi connectivity index (χ1v) is 11.1. The Hall–Kier alpha value is -3.75. The Bertz CT molecular complexity index is 1260. The van der Waals surface area contributed by atoms with Gasteiger partial charge in [-0.25, -0.2) is 4.79 Å². The van der Waals surface area contributed by atoms with Crippen LogP contribution in [0, 0.1) is 22.7 Å². The van der Waals surface area contributed by atoms with Crippen LogP contribution in [0.2, 0.25) is 0 Å². The Labute approximate surface area is 204 Å². The van der Waals surface area contributed by atoms with Crippen molar-refractivity contribution in [3.8, 4) is 6.07 Å². The molecule has 36 heavy (non-hydrogen) atoms. The van der Waals surface area contributed by atoms with Crippen molar-refractivity contribution < 1.29 is 37.4 Å². The van der Waals surface area contributed by atoms with Crippen molar-refractivity contribution in [1.29, 1.82) is 5.26 Å². The van der Waals surface area contributed by atoms with Gasteiger partial charge in [-0.3, -0.25) is 10.1 Å². The summed E-state index contributed by atoms with van der Waals surface area (Å²) in [5.41, 5.74) is -5.45. The largest absolute Gasteiger partial charge is 0.466 e. The van der Waals surface area contributed by atoms with Crippen LogP contribution in [0.5, 0.6) is 0 Å². The average Bonchev–Trinajstić information content (AvgIpc) is 3.14. The predicted molar refractivity (Wildman–Crippen MR) is 119 cm³/mol. The van der Waals surface area contributed by atoms with E-state index in [0.29, 0.717) is 0 Å². The van der Waals surface area contributed by atoms with E-state index in [1.807, 2.05) is 6.07 Å². The first-order valence-electron chi connectivity index (χ1n) is 11.1. The molecule has 2 aromatic carbocycles. The highest BCUT2D eigenvalue weighted by molar-refractivity contribution is 6.11. The third-order valence-corrected chi connectivity index (χ3v) is 6.78. The second-order valence-corrected chi connectivity index (χ2v) is 8.62. The highest BCUT2D eigenvalue weighted by Gasteiger charge is 2.76. The number of nitrogens with one attached hydrogen (secondary N) is 1. The Morgan fingerprint density at radius 1 is 1.22 bits per heavy atom. The fourth-order valence-corrected chi connectivity index (χ4v) is 5.24. The minimum atomic E-state index is -5.38. The monoisotopic (exact) mass is 501 g/mol. The number of alkyl halides is 3. The molecule has 2 aliphatic heterocycles. The summed E-state index contributed by atoms with van der Waals surface area (Å²) in [6, 6.07) is 13.6. The van der Waals surface area contributed by atoms with E-state index in [2.05, 4.69) is 10.5 Å². The van der Waals surface area contributed by atoms with E-state index in [-0.39, 0.29) is 29.0 Å². The first kappa shape index (κ1) is 25.3. The molecule has 0 aliphatic carbocycles. The number of carbonyl (C=O) groups is 2. The number of ether oxygens (including phenoxy) is 1. The quantitative estimate of drug-likeness (QED) is 0.487. The molecule has 0 saturated carbocycles. The van der Waals surface area contributed by atoms with Crippen LogP contribution in [-0.4, -0.2) is 41.3 Å². The molecule has 2 aromatic rings. The van der Waals surface area contributed by atoms with Crippen LogP contribution in [0.15, 0.2) is 59.8 Å². The average molecular weight is 501 g/mol. The predicted octanol–water partition coefficient (Wildman–Crippen LogP) is 3.34. The van der Waals surface area contributed by atoms with E-state index in [0.717, 1.165) is 0 Å². The Balaban J connectivity index is 2.11. The molecule has 2 N–H and O–H groups in total. The van der Waals surface area contributed by atoms with Crippen LogP contribution in [0.1, 0.15) is 42.5 Å².